The minimum atomic E-state index is -0.456. The number of carbonyl (C=O) groups excluding carboxylic acids is 2. The number of amides is 2. The molecule has 1 aromatic carbocycles. The Morgan fingerprint density at radius 2 is 1.83 bits per heavy atom. The van der Waals surface area contributed by atoms with Crippen molar-refractivity contribution in [1.82, 2.24) is 10.2 Å². The average molecular weight is 445 g/mol. The summed E-state index contributed by atoms with van der Waals surface area (Å²) in [6, 6.07) is 13.4. The van der Waals surface area contributed by atoms with E-state index in [0.717, 1.165) is 36.2 Å². The first-order valence-electron chi connectivity index (χ1n) is 9.32. The molecule has 1 saturated carbocycles. The van der Waals surface area contributed by atoms with E-state index in [0.29, 0.717) is 9.47 Å². The van der Waals surface area contributed by atoms with E-state index in [1.807, 2.05) is 47.8 Å². The zero-order valence-electron chi connectivity index (χ0n) is 15.6. The first kappa shape index (κ1) is 20.1. The number of anilines is 2. The monoisotopic (exact) mass is 444 g/mol. The maximum absolute atomic E-state index is 13.1. The van der Waals surface area contributed by atoms with Gasteiger partial charge in [0.1, 0.15) is 0 Å². The minimum Gasteiger partial charge on any atom is -0.325 e. The largest absolute Gasteiger partial charge is 0.325 e. The highest BCUT2D eigenvalue weighted by Gasteiger charge is 2.43. The number of aromatic nitrogens is 2. The molecule has 0 atom stereocenters. The molecule has 1 fully saturated rings. The van der Waals surface area contributed by atoms with E-state index < -0.39 is 5.41 Å². The Hall–Kier alpha value is -2.23. The predicted octanol–water partition coefficient (Wildman–Crippen LogP) is 4.78. The molecule has 0 spiro atoms. The molecule has 2 amide bonds. The van der Waals surface area contributed by atoms with Crippen LogP contribution in [0.1, 0.15) is 30.6 Å². The first-order chi connectivity index (χ1) is 14.2. The molecule has 3 aromatic rings. The highest BCUT2D eigenvalue weighted by atomic mass is 32.2. The summed E-state index contributed by atoms with van der Waals surface area (Å²) in [5, 5.41) is 16.5. The van der Waals surface area contributed by atoms with Crippen LogP contribution in [0.15, 0.2) is 52.2 Å². The van der Waals surface area contributed by atoms with Crippen molar-refractivity contribution in [2.75, 3.05) is 16.4 Å². The van der Waals surface area contributed by atoms with Crippen LogP contribution in [-0.2, 0) is 15.0 Å². The zero-order valence-corrected chi connectivity index (χ0v) is 18.0. The quantitative estimate of drug-likeness (QED) is 0.405. The van der Waals surface area contributed by atoms with Crippen molar-refractivity contribution < 1.29 is 9.59 Å². The molecule has 0 aliphatic heterocycles. The van der Waals surface area contributed by atoms with Gasteiger partial charge in [0.05, 0.1) is 11.2 Å². The van der Waals surface area contributed by atoms with Gasteiger partial charge in [-0.2, -0.15) is 0 Å². The number of nitrogens with zero attached hydrogens (tertiary/aromatic N) is 2. The van der Waals surface area contributed by atoms with Crippen molar-refractivity contribution >= 4 is 57.1 Å². The van der Waals surface area contributed by atoms with Gasteiger partial charge >= 0.3 is 0 Å². The molecule has 6 nitrogen and oxygen atoms in total. The van der Waals surface area contributed by atoms with Crippen molar-refractivity contribution in [1.29, 1.82) is 0 Å². The molecule has 29 heavy (non-hydrogen) atoms. The van der Waals surface area contributed by atoms with Crippen molar-refractivity contribution in [2.24, 2.45) is 0 Å². The van der Waals surface area contributed by atoms with Gasteiger partial charge in [0.25, 0.3) is 0 Å². The Morgan fingerprint density at radius 1 is 1.03 bits per heavy atom. The minimum absolute atomic E-state index is 0.00743. The predicted molar refractivity (Wildman–Crippen MR) is 119 cm³/mol. The standard InChI is InChI=1S/C20H20N4O2S3/c25-16(21-14-7-2-1-3-8-14)13-28-19-24-23-18(29-19)22-17(26)20(10-4-5-11-20)15-9-6-12-27-15/h1-3,6-9,12H,4-5,10-11,13H2,(H,21,25)(H,22,23,26). The number of carbonyl (C=O) groups is 2. The van der Waals surface area contributed by atoms with Crippen LogP contribution in [0.3, 0.4) is 0 Å². The van der Waals surface area contributed by atoms with E-state index in [1.165, 1.54) is 23.1 Å². The molecule has 0 radical (unpaired) electrons. The molecule has 0 unspecified atom stereocenters. The molecule has 9 heteroatoms. The summed E-state index contributed by atoms with van der Waals surface area (Å²) in [7, 11) is 0. The van der Waals surface area contributed by atoms with Crippen LogP contribution in [-0.4, -0.2) is 27.8 Å². The average Bonchev–Trinajstić information content (AvgIpc) is 3.48. The second-order valence-corrected chi connectivity index (χ2v) is 9.94. The third kappa shape index (κ3) is 4.68. The molecule has 2 aromatic heterocycles. The number of thiophene rings is 1. The Labute approximate surface area is 181 Å². The normalized spacial score (nSPS) is 15.2. The lowest BCUT2D eigenvalue weighted by molar-refractivity contribution is -0.121. The molecular formula is C20H20N4O2S3. The maximum atomic E-state index is 13.1. The number of benzene rings is 1. The summed E-state index contributed by atoms with van der Waals surface area (Å²) >= 11 is 4.24. The van der Waals surface area contributed by atoms with Gasteiger partial charge < -0.3 is 5.32 Å². The van der Waals surface area contributed by atoms with Crippen molar-refractivity contribution in [2.45, 2.75) is 35.4 Å². The van der Waals surface area contributed by atoms with Crippen LogP contribution >= 0.6 is 34.4 Å². The van der Waals surface area contributed by atoms with E-state index in [-0.39, 0.29) is 17.6 Å². The molecule has 1 aliphatic rings. The third-order valence-corrected chi connectivity index (χ3v) is 7.94. The van der Waals surface area contributed by atoms with Gasteiger partial charge in [-0.15, -0.1) is 21.5 Å². The lowest BCUT2D eigenvalue weighted by Crippen LogP contribution is -2.37. The van der Waals surface area contributed by atoms with Gasteiger partial charge in [-0.1, -0.05) is 60.2 Å². The summed E-state index contributed by atoms with van der Waals surface area (Å²) in [6.07, 6.45) is 3.83. The summed E-state index contributed by atoms with van der Waals surface area (Å²) < 4.78 is 0.653. The van der Waals surface area contributed by atoms with E-state index in [9.17, 15) is 9.59 Å². The Bertz CT molecular complexity index is 967. The topological polar surface area (TPSA) is 84.0 Å². The highest BCUT2D eigenvalue weighted by molar-refractivity contribution is 8.01. The fourth-order valence-electron chi connectivity index (χ4n) is 3.50. The molecule has 2 heterocycles. The molecule has 0 bridgehead atoms. The first-order valence-corrected chi connectivity index (χ1v) is 12.0. The SMILES string of the molecule is O=C(CSc1nnc(NC(=O)C2(c3cccs3)CCCC2)s1)Nc1ccccc1. The summed E-state index contributed by atoms with van der Waals surface area (Å²) in [4.78, 5) is 26.3. The number of thioether (sulfide) groups is 1. The molecule has 0 saturated heterocycles. The molecule has 1 aliphatic carbocycles. The number of rotatable bonds is 7. The molecular weight excluding hydrogens is 424 g/mol. The fraction of sp³-hybridized carbons (Fsp3) is 0.300. The van der Waals surface area contributed by atoms with Gasteiger partial charge in [-0.25, -0.2) is 0 Å². The van der Waals surface area contributed by atoms with Gasteiger partial charge in [0.15, 0.2) is 4.34 Å². The number of para-hydroxylation sites is 1. The number of hydrogen-bond acceptors (Lipinski definition) is 7. The van der Waals surface area contributed by atoms with Gasteiger partial charge in [0, 0.05) is 10.6 Å². The molecule has 4 rings (SSSR count). The summed E-state index contributed by atoms with van der Waals surface area (Å²) in [5.74, 6) is 0.118. The lowest BCUT2D eigenvalue weighted by atomic mass is 9.83. The van der Waals surface area contributed by atoms with Crippen LogP contribution in [0.25, 0.3) is 0 Å². The maximum Gasteiger partial charge on any atom is 0.237 e. The molecule has 150 valence electrons. The van der Waals surface area contributed by atoms with E-state index in [4.69, 9.17) is 0 Å². The summed E-state index contributed by atoms with van der Waals surface area (Å²) in [6.45, 7) is 0. The zero-order chi connectivity index (χ0) is 20.1. The highest BCUT2D eigenvalue weighted by Crippen LogP contribution is 2.44. The van der Waals surface area contributed by atoms with Crippen molar-refractivity contribution in [3.8, 4) is 0 Å². The van der Waals surface area contributed by atoms with Gasteiger partial charge in [-0.05, 0) is 36.4 Å². The number of nitrogens with one attached hydrogen (secondary N) is 2. The second-order valence-electron chi connectivity index (χ2n) is 6.80. The van der Waals surface area contributed by atoms with Crippen molar-refractivity contribution in [3.63, 3.8) is 0 Å². The third-order valence-electron chi connectivity index (χ3n) is 4.90. The Kier molecular flexibility index (Phi) is 6.27. The summed E-state index contributed by atoms with van der Waals surface area (Å²) in [5.41, 5.74) is 0.307. The fourth-order valence-corrected chi connectivity index (χ4v) is 6.03. The van der Waals surface area contributed by atoms with Crippen molar-refractivity contribution in [3.05, 3.63) is 52.7 Å². The number of hydrogen-bond donors (Lipinski definition) is 2. The molecule has 2 N–H and O–H groups in total. The van der Waals surface area contributed by atoms with E-state index in [2.05, 4.69) is 20.8 Å². The second kappa shape index (κ2) is 9.06. The Morgan fingerprint density at radius 3 is 2.55 bits per heavy atom. The smallest absolute Gasteiger partial charge is 0.237 e. The van der Waals surface area contributed by atoms with Gasteiger partial charge in [0.2, 0.25) is 16.9 Å². The van der Waals surface area contributed by atoms with Crippen LogP contribution in [0.4, 0.5) is 10.8 Å². The van der Waals surface area contributed by atoms with E-state index >= 15 is 0 Å². The van der Waals surface area contributed by atoms with Crippen LogP contribution in [0.5, 0.6) is 0 Å². The van der Waals surface area contributed by atoms with Crippen LogP contribution in [0.2, 0.25) is 0 Å². The van der Waals surface area contributed by atoms with Crippen LogP contribution in [0, 0.1) is 0 Å². The van der Waals surface area contributed by atoms with Crippen LogP contribution < -0.4 is 10.6 Å². The van der Waals surface area contributed by atoms with Gasteiger partial charge in [-0.3, -0.25) is 14.9 Å². The Balaban J connectivity index is 1.34. The lowest BCUT2D eigenvalue weighted by Gasteiger charge is -2.25. The van der Waals surface area contributed by atoms with E-state index in [1.54, 1.807) is 11.3 Å².